The zero-order valence-electron chi connectivity index (χ0n) is 12.0. The molecule has 2 heterocycles. The van der Waals surface area contributed by atoms with E-state index >= 15 is 0 Å². The van der Waals surface area contributed by atoms with Crippen molar-refractivity contribution in [1.29, 1.82) is 0 Å². The molecule has 0 bridgehead atoms. The van der Waals surface area contributed by atoms with Crippen LogP contribution in [0.15, 0.2) is 28.7 Å². The zero-order valence-corrected chi connectivity index (χ0v) is 13.6. The first-order valence-corrected chi connectivity index (χ1v) is 8.17. The van der Waals surface area contributed by atoms with Gasteiger partial charge >= 0.3 is 0 Å². The minimum absolute atomic E-state index is 0.0378. The van der Waals surface area contributed by atoms with Crippen LogP contribution in [0.5, 0.6) is 0 Å². The second-order valence-electron chi connectivity index (χ2n) is 5.97. The highest BCUT2D eigenvalue weighted by atomic mass is 79.9. The fraction of sp³-hybridized carbons (Fsp3) is 0.438. The maximum atomic E-state index is 12.2. The van der Waals surface area contributed by atoms with Crippen molar-refractivity contribution >= 4 is 33.7 Å². The standard InChI is InChI=1S/C16H17BrN2O3/c17-13-4-2-1-3-12(13)11-8-19(9-11)16(22)7-10-5-14(20)18-15(21)6-10/h1-4,10-11H,5-9H2,(H,18,20,21). The van der Waals surface area contributed by atoms with Gasteiger partial charge in [0.25, 0.3) is 0 Å². The Morgan fingerprint density at radius 3 is 2.45 bits per heavy atom. The van der Waals surface area contributed by atoms with Crippen LogP contribution in [-0.2, 0) is 14.4 Å². The van der Waals surface area contributed by atoms with E-state index in [0.717, 1.165) is 4.47 Å². The summed E-state index contributed by atoms with van der Waals surface area (Å²) in [6, 6.07) is 8.05. The molecule has 5 nitrogen and oxygen atoms in total. The third-order valence-electron chi connectivity index (χ3n) is 4.27. The summed E-state index contributed by atoms with van der Waals surface area (Å²) < 4.78 is 1.07. The monoisotopic (exact) mass is 364 g/mol. The van der Waals surface area contributed by atoms with Gasteiger partial charge < -0.3 is 4.90 Å². The predicted molar refractivity (Wildman–Crippen MR) is 84.0 cm³/mol. The van der Waals surface area contributed by atoms with Crippen molar-refractivity contribution in [2.24, 2.45) is 5.92 Å². The summed E-state index contributed by atoms with van der Waals surface area (Å²) in [6.07, 6.45) is 0.805. The lowest BCUT2D eigenvalue weighted by atomic mass is 9.89. The molecule has 0 radical (unpaired) electrons. The van der Waals surface area contributed by atoms with Crippen LogP contribution in [0.3, 0.4) is 0 Å². The lowest BCUT2D eigenvalue weighted by Crippen LogP contribution is -2.49. The largest absolute Gasteiger partial charge is 0.341 e. The molecular weight excluding hydrogens is 348 g/mol. The Kier molecular flexibility index (Phi) is 4.29. The Labute approximate surface area is 137 Å². The molecule has 0 saturated carbocycles. The molecule has 3 rings (SSSR count). The second-order valence-corrected chi connectivity index (χ2v) is 6.82. The van der Waals surface area contributed by atoms with Gasteiger partial charge in [0.15, 0.2) is 0 Å². The molecule has 3 amide bonds. The maximum Gasteiger partial charge on any atom is 0.226 e. The normalized spacial score (nSPS) is 19.8. The van der Waals surface area contributed by atoms with Crippen LogP contribution in [0.4, 0.5) is 0 Å². The quantitative estimate of drug-likeness (QED) is 0.831. The number of hydrogen-bond acceptors (Lipinski definition) is 3. The van der Waals surface area contributed by atoms with Gasteiger partial charge in [-0.3, -0.25) is 19.7 Å². The van der Waals surface area contributed by atoms with E-state index in [2.05, 4.69) is 27.3 Å². The topological polar surface area (TPSA) is 66.5 Å². The SMILES string of the molecule is O=C1CC(CC(=O)N2CC(c3ccccc3Br)C2)CC(=O)N1. The predicted octanol–water partition coefficient (Wildman–Crippen LogP) is 1.82. The highest BCUT2D eigenvalue weighted by Gasteiger charge is 2.35. The molecule has 1 N–H and O–H groups in total. The third kappa shape index (κ3) is 3.21. The number of carbonyl (C=O) groups is 3. The smallest absolute Gasteiger partial charge is 0.226 e. The van der Waals surface area contributed by atoms with E-state index in [-0.39, 0.29) is 42.9 Å². The average molecular weight is 365 g/mol. The molecule has 0 atom stereocenters. The Morgan fingerprint density at radius 1 is 1.18 bits per heavy atom. The third-order valence-corrected chi connectivity index (χ3v) is 4.99. The minimum atomic E-state index is -0.274. The first-order chi connectivity index (χ1) is 10.5. The number of nitrogens with one attached hydrogen (secondary N) is 1. The number of likely N-dealkylation sites (tertiary alicyclic amines) is 1. The number of hydrogen-bond donors (Lipinski definition) is 1. The number of imide groups is 1. The number of rotatable bonds is 3. The molecule has 1 aromatic rings. The molecule has 2 aliphatic rings. The van der Waals surface area contributed by atoms with E-state index in [0.29, 0.717) is 19.0 Å². The Bertz CT molecular complexity index is 610. The molecule has 0 aromatic heterocycles. The molecule has 0 spiro atoms. The average Bonchev–Trinajstić information content (AvgIpc) is 2.38. The van der Waals surface area contributed by atoms with E-state index in [1.807, 2.05) is 18.2 Å². The Hall–Kier alpha value is -1.69. The van der Waals surface area contributed by atoms with Gasteiger partial charge in [0.2, 0.25) is 17.7 Å². The lowest BCUT2D eigenvalue weighted by Gasteiger charge is -2.40. The Balaban J connectivity index is 1.52. The van der Waals surface area contributed by atoms with Gasteiger partial charge in [-0.05, 0) is 17.5 Å². The first kappa shape index (κ1) is 15.2. The number of nitrogens with zero attached hydrogens (tertiary/aromatic N) is 1. The summed E-state index contributed by atoms with van der Waals surface area (Å²) in [6.45, 7) is 1.41. The van der Waals surface area contributed by atoms with Crippen LogP contribution < -0.4 is 5.32 Å². The molecule has 116 valence electrons. The van der Waals surface area contributed by atoms with Crippen molar-refractivity contribution in [2.75, 3.05) is 13.1 Å². The lowest BCUT2D eigenvalue weighted by molar-refractivity contribution is -0.139. The fourth-order valence-corrected chi connectivity index (χ4v) is 3.67. The first-order valence-electron chi connectivity index (χ1n) is 7.38. The minimum Gasteiger partial charge on any atom is -0.341 e. The van der Waals surface area contributed by atoms with Crippen LogP contribution in [0, 0.1) is 5.92 Å². The summed E-state index contributed by atoms with van der Waals surface area (Å²) in [7, 11) is 0. The molecule has 0 aliphatic carbocycles. The molecule has 22 heavy (non-hydrogen) atoms. The maximum absolute atomic E-state index is 12.2. The van der Waals surface area contributed by atoms with E-state index < -0.39 is 0 Å². The summed E-state index contributed by atoms with van der Waals surface area (Å²) >= 11 is 3.54. The highest BCUT2D eigenvalue weighted by Crippen LogP contribution is 2.33. The number of carbonyl (C=O) groups excluding carboxylic acids is 3. The summed E-state index contributed by atoms with van der Waals surface area (Å²) in [5.41, 5.74) is 1.22. The zero-order chi connectivity index (χ0) is 15.7. The van der Waals surface area contributed by atoms with Crippen molar-refractivity contribution in [1.82, 2.24) is 10.2 Å². The van der Waals surface area contributed by atoms with Crippen molar-refractivity contribution in [3.63, 3.8) is 0 Å². The van der Waals surface area contributed by atoms with Crippen LogP contribution >= 0.6 is 15.9 Å². The molecule has 0 unspecified atom stereocenters. The van der Waals surface area contributed by atoms with E-state index in [1.54, 1.807) is 4.90 Å². The Morgan fingerprint density at radius 2 is 1.82 bits per heavy atom. The van der Waals surface area contributed by atoms with Crippen LogP contribution in [0.2, 0.25) is 0 Å². The second kappa shape index (κ2) is 6.20. The van der Waals surface area contributed by atoms with Crippen molar-refractivity contribution in [3.8, 4) is 0 Å². The number of amides is 3. The van der Waals surface area contributed by atoms with Gasteiger partial charge in [-0.25, -0.2) is 0 Å². The highest BCUT2D eigenvalue weighted by molar-refractivity contribution is 9.10. The van der Waals surface area contributed by atoms with Crippen molar-refractivity contribution < 1.29 is 14.4 Å². The van der Waals surface area contributed by atoms with Crippen LogP contribution in [0.25, 0.3) is 0 Å². The van der Waals surface area contributed by atoms with Gasteiger partial charge in [0.1, 0.15) is 0 Å². The molecule has 2 aliphatic heterocycles. The van der Waals surface area contributed by atoms with Gasteiger partial charge in [-0.15, -0.1) is 0 Å². The molecule has 2 saturated heterocycles. The van der Waals surface area contributed by atoms with E-state index in [1.165, 1.54) is 5.56 Å². The number of benzene rings is 1. The van der Waals surface area contributed by atoms with Crippen LogP contribution in [0.1, 0.15) is 30.7 Å². The van der Waals surface area contributed by atoms with Gasteiger partial charge in [-0.1, -0.05) is 34.1 Å². The molecule has 1 aromatic carbocycles. The van der Waals surface area contributed by atoms with Crippen LogP contribution in [-0.4, -0.2) is 35.7 Å². The number of piperidine rings is 1. The summed E-state index contributed by atoms with van der Waals surface area (Å²) in [5, 5.41) is 2.27. The molecule has 2 fully saturated rings. The molecular formula is C16H17BrN2O3. The molecule has 6 heteroatoms. The van der Waals surface area contributed by atoms with Gasteiger partial charge in [-0.2, -0.15) is 0 Å². The summed E-state index contributed by atoms with van der Waals surface area (Å²) in [5.74, 6) is -0.310. The van der Waals surface area contributed by atoms with E-state index in [4.69, 9.17) is 0 Å². The van der Waals surface area contributed by atoms with Gasteiger partial charge in [0, 0.05) is 42.7 Å². The number of halogens is 1. The fourth-order valence-electron chi connectivity index (χ4n) is 3.06. The van der Waals surface area contributed by atoms with Crippen molar-refractivity contribution in [3.05, 3.63) is 34.3 Å². The summed E-state index contributed by atoms with van der Waals surface area (Å²) in [4.78, 5) is 36.7. The van der Waals surface area contributed by atoms with Crippen molar-refractivity contribution in [2.45, 2.75) is 25.2 Å². The van der Waals surface area contributed by atoms with Gasteiger partial charge in [0.05, 0.1) is 0 Å². The van der Waals surface area contributed by atoms with E-state index in [9.17, 15) is 14.4 Å².